The van der Waals surface area contributed by atoms with Gasteiger partial charge in [-0.3, -0.25) is 4.79 Å². The van der Waals surface area contributed by atoms with Gasteiger partial charge >= 0.3 is 5.97 Å². The largest absolute Gasteiger partial charge is 0.459 e. The van der Waals surface area contributed by atoms with Crippen LogP contribution in [0, 0.1) is 5.92 Å². The number of rotatable bonds is 4. The molecule has 0 aliphatic carbocycles. The van der Waals surface area contributed by atoms with Crippen LogP contribution in [0.3, 0.4) is 0 Å². The zero-order valence-corrected chi connectivity index (χ0v) is 13.8. The SMILES string of the molecule is CC(C)(OC(=O)Cc1ccc(Br)cc1)C1CC[NH2+]CC1. The van der Waals surface area contributed by atoms with Gasteiger partial charge in [0.05, 0.1) is 19.5 Å². The van der Waals surface area contributed by atoms with Crippen molar-refractivity contribution in [1.29, 1.82) is 0 Å². The van der Waals surface area contributed by atoms with Gasteiger partial charge in [-0.25, -0.2) is 0 Å². The molecule has 0 spiro atoms. The normalized spacial score (nSPS) is 16.9. The highest BCUT2D eigenvalue weighted by molar-refractivity contribution is 9.10. The van der Waals surface area contributed by atoms with Crippen molar-refractivity contribution in [2.45, 2.75) is 38.7 Å². The van der Waals surface area contributed by atoms with Crippen molar-refractivity contribution < 1.29 is 14.8 Å². The Kier molecular flexibility index (Phi) is 5.22. The Morgan fingerprint density at radius 3 is 2.50 bits per heavy atom. The molecule has 1 aliphatic rings. The molecule has 0 unspecified atom stereocenters. The van der Waals surface area contributed by atoms with Gasteiger partial charge in [0.1, 0.15) is 5.60 Å². The Labute approximate surface area is 129 Å². The lowest BCUT2D eigenvalue weighted by molar-refractivity contribution is -0.665. The number of piperidine rings is 1. The number of hydrogen-bond acceptors (Lipinski definition) is 2. The first-order chi connectivity index (χ1) is 9.47. The van der Waals surface area contributed by atoms with E-state index in [0.717, 1.165) is 36.0 Å². The first-order valence-electron chi connectivity index (χ1n) is 7.25. The first kappa shape index (κ1) is 15.5. The van der Waals surface area contributed by atoms with Crippen LogP contribution >= 0.6 is 15.9 Å². The van der Waals surface area contributed by atoms with Crippen LogP contribution in [0.1, 0.15) is 32.3 Å². The van der Waals surface area contributed by atoms with Gasteiger partial charge in [-0.1, -0.05) is 28.1 Å². The molecule has 3 nitrogen and oxygen atoms in total. The minimum atomic E-state index is -0.360. The smallest absolute Gasteiger partial charge is 0.310 e. The second kappa shape index (κ2) is 6.72. The molecule has 1 aliphatic heterocycles. The van der Waals surface area contributed by atoms with Crippen LogP contribution in [0.25, 0.3) is 0 Å². The number of benzene rings is 1. The van der Waals surface area contributed by atoms with Gasteiger partial charge in [0, 0.05) is 23.2 Å². The summed E-state index contributed by atoms with van der Waals surface area (Å²) < 4.78 is 6.77. The van der Waals surface area contributed by atoms with Crippen molar-refractivity contribution in [1.82, 2.24) is 0 Å². The Morgan fingerprint density at radius 1 is 1.30 bits per heavy atom. The molecule has 0 bridgehead atoms. The second-order valence-corrected chi connectivity index (χ2v) is 6.94. The van der Waals surface area contributed by atoms with Crippen molar-refractivity contribution in [3.63, 3.8) is 0 Å². The van der Waals surface area contributed by atoms with Crippen LogP contribution < -0.4 is 5.32 Å². The molecular weight excluding hydrogens is 318 g/mol. The van der Waals surface area contributed by atoms with Crippen molar-refractivity contribution in [2.75, 3.05) is 13.1 Å². The average Bonchev–Trinajstić information content (AvgIpc) is 2.42. The highest BCUT2D eigenvalue weighted by Crippen LogP contribution is 2.28. The number of quaternary nitrogens is 1. The molecule has 1 fully saturated rings. The molecule has 1 heterocycles. The molecule has 0 amide bonds. The predicted molar refractivity (Wildman–Crippen MR) is 82.4 cm³/mol. The quantitative estimate of drug-likeness (QED) is 0.854. The summed E-state index contributed by atoms with van der Waals surface area (Å²) in [6, 6.07) is 7.80. The van der Waals surface area contributed by atoms with Gasteiger partial charge in [0.15, 0.2) is 0 Å². The van der Waals surface area contributed by atoms with E-state index in [4.69, 9.17) is 4.74 Å². The van der Waals surface area contributed by atoms with Crippen LogP contribution in [-0.4, -0.2) is 24.7 Å². The first-order valence-corrected chi connectivity index (χ1v) is 8.04. The zero-order chi connectivity index (χ0) is 14.6. The van der Waals surface area contributed by atoms with Crippen molar-refractivity contribution in [2.24, 2.45) is 5.92 Å². The van der Waals surface area contributed by atoms with Crippen molar-refractivity contribution in [3.8, 4) is 0 Å². The Hall–Kier alpha value is -0.870. The highest BCUT2D eigenvalue weighted by atomic mass is 79.9. The van der Waals surface area contributed by atoms with E-state index in [1.807, 2.05) is 38.1 Å². The fourth-order valence-electron chi connectivity index (χ4n) is 2.80. The molecule has 0 saturated carbocycles. The molecule has 1 saturated heterocycles. The van der Waals surface area contributed by atoms with E-state index in [9.17, 15) is 4.79 Å². The number of nitrogens with two attached hydrogens (primary N) is 1. The number of ether oxygens (including phenoxy) is 1. The molecule has 0 radical (unpaired) electrons. The second-order valence-electron chi connectivity index (χ2n) is 6.02. The van der Waals surface area contributed by atoms with E-state index in [2.05, 4.69) is 21.2 Å². The standard InChI is InChI=1S/C16H22BrNO2/c1-16(2,13-7-9-18-10-8-13)20-15(19)11-12-3-5-14(17)6-4-12/h3-6,13,18H,7-11H2,1-2H3/p+1. The molecule has 110 valence electrons. The van der Waals surface area contributed by atoms with E-state index in [-0.39, 0.29) is 11.6 Å². The number of esters is 1. The van der Waals surface area contributed by atoms with E-state index in [1.165, 1.54) is 0 Å². The van der Waals surface area contributed by atoms with Gasteiger partial charge < -0.3 is 10.1 Å². The summed E-state index contributed by atoms with van der Waals surface area (Å²) in [7, 11) is 0. The van der Waals surface area contributed by atoms with Gasteiger partial charge in [-0.15, -0.1) is 0 Å². The molecule has 20 heavy (non-hydrogen) atoms. The predicted octanol–water partition coefficient (Wildman–Crippen LogP) is 2.29. The summed E-state index contributed by atoms with van der Waals surface area (Å²) in [6.45, 7) is 6.36. The van der Waals surface area contributed by atoms with Gasteiger partial charge in [-0.05, 0) is 31.5 Å². The van der Waals surface area contributed by atoms with Crippen LogP contribution in [-0.2, 0) is 16.0 Å². The van der Waals surface area contributed by atoms with E-state index in [0.29, 0.717) is 12.3 Å². The summed E-state index contributed by atoms with van der Waals surface area (Å²) in [6.07, 6.45) is 2.59. The fraction of sp³-hybridized carbons (Fsp3) is 0.562. The number of carbonyl (C=O) groups is 1. The number of hydrogen-bond donors (Lipinski definition) is 1. The minimum Gasteiger partial charge on any atom is -0.459 e. The van der Waals surface area contributed by atoms with E-state index in [1.54, 1.807) is 0 Å². The Morgan fingerprint density at radius 2 is 1.90 bits per heavy atom. The zero-order valence-electron chi connectivity index (χ0n) is 12.2. The van der Waals surface area contributed by atoms with E-state index < -0.39 is 0 Å². The molecule has 4 heteroatoms. The minimum absolute atomic E-state index is 0.133. The lowest BCUT2D eigenvalue weighted by Gasteiger charge is -2.35. The molecule has 1 aromatic carbocycles. The lowest BCUT2D eigenvalue weighted by atomic mass is 9.83. The molecule has 2 N–H and O–H groups in total. The molecule has 0 aromatic heterocycles. The van der Waals surface area contributed by atoms with Crippen LogP contribution in [0.2, 0.25) is 0 Å². The third-order valence-corrected chi connectivity index (χ3v) is 4.59. The molecule has 1 aromatic rings. The third kappa shape index (κ3) is 4.32. The van der Waals surface area contributed by atoms with Crippen molar-refractivity contribution >= 4 is 21.9 Å². The van der Waals surface area contributed by atoms with Crippen LogP contribution in [0.4, 0.5) is 0 Å². The van der Waals surface area contributed by atoms with E-state index >= 15 is 0 Å². The third-order valence-electron chi connectivity index (χ3n) is 4.06. The topological polar surface area (TPSA) is 42.9 Å². The van der Waals surface area contributed by atoms with Crippen molar-refractivity contribution in [3.05, 3.63) is 34.3 Å². The summed E-state index contributed by atoms with van der Waals surface area (Å²) in [5, 5.41) is 2.33. The number of halogens is 1. The molecule has 2 rings (SSSR count). The van der Waals surface area contributed by atoms with Gasteiger partial charge in [0.2, 0.25) is 0 Å². The average molecular weight is 341 g/mol. The maximum absolute atomic E-state index is 12.1. The monoisotopic (exact) mass is 340 g/mol. The van der Waals surface area contributed by atoms with Crippen LogP contribution in [0.15, 0.2) is 28.7 Å². The maximum Gasteiger partial charge on any atom is 0.310 e. The van der Waals surface area contributed by atoms with Crippen LogP contribution in [0.5, 0.6) is 0 Å². The maximum atomic E-state index is 12.1. The number of carbonyl (C=O) groups excluding carboxylic acids is 1. The summed E-state index contributed by atoms with van der Waals surface area (Å²) in [5.74, 6) is 0.341. The fourth-order valence-corrected chi connectivity index (χ4v) is 3.07. The Bertz CT molecular complexity index is 450. The highest BCUT2D eigenvalue weighted by Gasteiger charge is 2.35. The Balaban J connectivity index is 1.90. The summed E-state index contributed by atoms with van der Waals surface area (Å²) in [4.78, 5) is 12.1. The summed E-state index contributed by atoms with van der Waals surface area (Å²) >= 11 is 3.39. The summed E-state index contributed by atoms with van der Waals surface area (Å²) in [5.41, 5.74) is 0.631. The lowest BCUT2D eigenvalue weighted by Crippen LogP contribution is -2.86. The van der Waals surface area contributed by atoms with Gasteiger partial charge in [0.25, 0.3) is 0 Å². The van der Waals surface area contributed by atoms with Gasteiger partial charge in [-0.2, -0.15) is 0 Å². The molecule has 0 atom stereocenters. The molecular formula is C16H23BrNO2+.